The van der Waals surface area contributed by atoms with Crippen molar-refractivity contribution in [3.8, 4) is 23.0 Å². The van der Waals surface area contributed by atoms with Crippen LogP contribution in [0.4, 0.5) is 0 Å². The first-order chi connectivity index (χ1) is 26.5. The molecule has 4 nitrogen and oxygen atoms in total. The predicted octanol–water partition coefficient (Wildman–Crippen LogP) is 14.9. The van der Waals surface area contributed by atoms with Gasteiger partial charge in [-0.2, -0.15) is 0 Å². The maximum atomic E-state index is 6.91. The van der Waals surface area contributed by atoms with E-state index in [1.54, 1.807) is 0 Å². The normalized spacial score (nSPS) is 13.0. The van der Waals surface area contributed by atoms with Crippen LogP contribution in [-0.2, 0) is 10.8 Å². The summed E-state index contributed by atoms with van der Waals surface area (Å²) in [4.78, 5) is 0. The molecule has 7 aromatic carbocycles. The van der Waals surface area contributed by atoms with Crippen molar-refractivity contribution in [2.75, 3.05) is 0 Å². The van der Waals surface area contributed by atoms with Crippen molar-refractivity contribution < 1.29 is 9.47 Å². The molecule has 0 fully saturated rings. The van der Waals surface area contributed by atoms with Crippen LogP contribution in [0.2, 0.25) is 0 Å². The van der Waals surface area contributed by atoms with Crippen LogP contribution in [0.25, 0.3) is 76.2 Å². The summed E-state index contributed by atoms with van der Waals surface area (Å²) in [6.07, 6.45) is 0. The van der Waals surface area contributed by atoms with Crippen LogP contribution in [0.1, 0.15) is 52.7 Å². The van der Waals surface area contributed by atoms with Crippen LogP contribution >= 0.6 is 15.9 Å². The predicted molar refractivity (Wildman–Crippen MR) is 234 cm³/mol. The fourth-order valence-electron chi connectivity index (χ4n) is 8.96. The third-order valence-corrected chi connectivity index (χ3v) is 12.5. The van der Waals surface area contributed by atoms with Gasteiger partial charge in [0, 0.05) is 43.1 Å². The number of nitrogens with zero attached hydrogens (tertiary/aromatic N) is 2. The SMILES string of the molecule is CC(C)(C)c1ccc2c(c1)c1cccc3c4cccc(Oc5cccc(Oc6cccc7c8cccc9c%10cc(C(C)(C)C)ccc%10n(c67)c98)c5Br)c4n2c13. The Balaban J connectivity index is 1.05. The summed E-state index contributed by atoms with van der Waals surface area (Å²) in [6, 6.07) is 45.8. The molecule has 11 aromatic rings. The van der Waals surface area contributed by atoms with Gasteiger partial charge in [0.15, 0.2) is 11.5 Å². The molecule has 5 heteroatoms. The van der Waals surface area contributed by atoms with Crippen molar-refractivity contribution in [3.63, 3.8) is 0 Å². The molecule has 0 N–H and O–H groups in total. The molecular weight excluding hydrogens is 740 g/mol. The third kappa shape index (κ3) is 4.56. The smallest absolute Gasteiger partial charge is 0.152 e. The minimum absolute atomic E-state index is 0.0533. The van der Waals surface area contributed by atoms with E-state index in [0.29, 0.717) is 11.5 Å². The summed E-state index contributed by atoms with van der Waals surface area (Å²) in [5, 5.41) is 9.84. The number of hydrogen-bond donors (Lipinski definition) is 0. The van der Waals surface area contributed by atoms with Gasteiger partial charge in [-0.05, 0) is 86.4 Å². The van der Waals surface area contributed by atoms with Crippen LogP contribution in [0.15, 0.2) is 132 Å². The Morgan fingerprint density at radius 3 is 1.11 bits per heavy atom. The van der Waals surface area contributed by atoms with E-state index in [4.69, 9.17) is 9.47 Å². The second-order valence-electron chi connectivity index (χ2n) is 17.1. The molecule has 4 aromatic heterocycles. The number of aromatic nitrogens is 2. The van der Waals surface area contributed by atoms with E-state index in [-0.39, 0.29) is 10.8 Å². The number of hydrogen-bond acceptors (Lipinski definition) is 2. The van der Waals surface area contributed by atoms with Gasteiger partial charge in [-0.15, -0.1) is 0 Å². The van der Waals surface area contributed by atoms with E-state index >= 15 is 0 Å². The standard InChI is InChI=1S/C50H39BrN2O2/c1-49(2,3)28-22-24-38-36(26-28)34-14-7-12-30-32-16-9-20-42(47(32)52(38)45(30)34)54-40-18-11-19-41(44(40)51)55-43-21-10-17-33-31-13-8-15-35-37-27-29(50(4,5)6)23-25-39(37)53(46(31)35)48(33)43/h7-27H,1-6H3. The molecule has 0 spiro atoms. The molecule has 0 radical (unpaired) electrons. The van der Waals surface area contributed by atoms with Gasteiger partial charge in [-0.1, -0.05) is 120 Å². The number of benzene rings is 7. The Hall–Kier alpha value is -5.78. The maximum absolute atomic E-state index is 6.91. The average molecular weight is 780 g/mol. The molecule has 0 amide bonds. The lowest BCUT2D eigenvalue weighted by atomic mass is 9.86. The zero-order valence-corrected chi connectivity index (χ0v) is 33.3. The zero-order valence-electron chi connectivity index (χ0n) is 31.7. The van der Waals surface area contributed by atoms with Gasteiger partial charge in [0.05, 0.1) is 33.1 Å². The number of para-hydroxylation sites is 4. The zero-order chi connectivity index (χ0) is 37.5. The van der Waals surface area contributed by atoms with E-state index in [1.807, 2.05) is 18.2 Å². The summed E-state index contributed by atoms with van der Waals surface area (Å²) < 4.78 is 19.4. The quantitative estimate of drug-likeness (QED) is 0.178. The molecule has 11 rings (SSSR count). The molecule has 0 atom stereocenters. The van der Waals surface area contributed by atoms with Gasteiger partial charge in [0.2, 0.25) is 0 Å². The second-order valence-corrected chi connectivity index (χ2v) is 17.9. The summed E-state index contributed by atoms with van der Waals surface area (Å²) in [7, 11) is 0. The van der Waals surface area contributed by atoms with Crippen LogP contribution in [0, 0.1) is 0 Å². The van der Waals surface area contributed by atoms with E-state index in [1.165, 1.54) is 76.3 Å². The number of fused-ring (bicyclic) bond motifs is 12. The lowest BCUT2D eigenvalue weighted by Crippen LogP contribution is -2.10. The highest BCUT2D eigenvalue weighted by molar-refractivity contribution is 9.10. The van der Waals surface area contributed by atoms with Crippen LogP contribution in [0.3, 0.4) is 0 Å². The number of ether oxygens (including phenoxy) is 2. The van der Waals surface area contributed by atoms with Gasteiger partial charge in [0.1, 0.15) is 16.0 Å². The van der Waals surface area contributed by atoms with Crippen LogP contribution in [-0.4, -0.2) is 8.80 Å². The number of halogens is 1. The van der Waals surface area contributed by atoms with Crippen molar-refractivity contribution in [2.45, 2.75) is 52.4 Å². The van der Waals surface area contributed by atoms with Crippen molar-refractivity contribution in [1.29, 1.82) is 0 Å². The van der Waals surface area contributed by atoms with Crippen LogP contribution < -0.4 is 9.47 Å². The van der Waals surface area contributed by atoms with Gasteiger partial charge in [-0.25, -0.2) is 0 Å². The molecule has 0 saturated carbocycles. The van der Waals surface area contributed by atoms with Gasteiger partial charge in [0.25, 0.3) is 0 Å². The molecule has 4 heterocycles. The lowest BCUT2D eigenvalue weighted by molar-refractivity contribution is 0.459. The molecule has 268 valence electrons. The van der Waals surface area contributed by atoms with Gasteiger partial charge in [-0.3, -0.25) is 0 Å². The summed E-state index contributed by atoms with van der Waals surface area (Å²) >= 11 is 3.93. The first-order valence-electron chi connectivity index (χ1n) is 19.0. The summed E-state index contributed by atoms with van der Waals surface area (Å²) in [5.41, 5.74) is 9.69. The molecular formula is C50H39BrN2O2. The summed E-state index contributed by atoms with van der Waals surface area (Å²) in [5.74, 6) is 2.95. The van der Waals surface area contributed by atoms with Crippen molar-refractivity contribution in [1.82, 2.24) is 8.80 Å². The second kappa shape index (κ2) is 11.1. The maximum Gasteiger partial charge on any atom is 0.152 e. The minimum Gasteiger partial charge on any atom is -0.454 e. The Bertz CT molecular complexity index is 3130. The van der Waals surface area contributed by atoms with Crippen molar-refractivity contribution in [3.05, 3.63) is 143 Å². The minimum atomic E-state index is 0.0533. The number of rotatable bonds is 4. The average Bonchev–Trinajstić information content (AvgIpc) is 3.89. The Labute approximate surface area is 327 Å². The first kappa shape index (κ1) is 32.6. The monoisotopic (exact) mass is 778 g/mol. The van der Waals surface area contributed by atoms with E-state index < -0.39 is 0 Å². The molecule has 0 saturated heterocycles. The highest BCUT2D eigenvalue weighted by Crippen LogP contribution is 2.48. The van der Waals surface area contributed by atoms with E-state index in [0.717, 1.165) is 27.0 Å². The summed E-state index contributed by atoms with van der Waals surface area (Å²) in [6.45, 7) is 13.6. The van der Waals surface area contributed by atoms with Crippen molar-refractivity contribution >= 4 is 92.1 Å². The molecule has 0 unspecified atom stereocenters. The molecule has 0 aliphatic heterocycles. The highest BCUT2D eigenvalue weighted by atomic mass is 79.9. The van der Waals surface area contributed by atoms with Crippen LogP contribution in [0.5, 0.6) is 23.0 Å². The van der Waals surface area contributed by atoms with Gasteiger partial charge >= 0.3 is 0 Å². The lowest BCUT2D eigenvalue weighted by Gasteiger charge is -2.19. The molecule has 0 bridgehead atoms. The topological polar surface area (TPSA) is 27.3 Å². The Morgan fingerprint density at radius 1 is 0.382 bits per heavy atom. The Morgan fingerprint density at radius 2 is 0.709 bits per heavy atom. The third-order valence-electron chi connectivity index (χ3n) is 11.7. The fraction of sp³-hybridized carbons (Fsp3) is 0.160. The van der Waals surface area contributed by atoms with Gasteiger partial charge < -0.3 is 18.3 Å². The van der Waals surface area contributed by atoms with Crippen molar-refractivity contribution in [2.24, 2.45) is 0 Å². The Kier molecular flexibility index (Phi) is 6.61. The first-order valence-corrected chi connectivity index (χ1v) is 19.8. The van der Waals surface area contributed by atoms with E-state index in [9.17, 15) is 0 Å². The molecule has 55 heavy (non-hydrogen) atoms. The molecule has 0 aliphatic rings. The fourth-order valence-corrected chi connectivity index (χ4v) is 9.39. The highest BCUT2D eigenvalue weighted by Gasteiger charge is 2.25. The largest absolute Gasteiger partial charge is 0.454 e. The molecule has 0 aliphatic carbocycles. The van der Waals surface area contributed by atoms with E-state index in [2.05, 4.69) is 175 Å².